The highest BCUT2D eigenvalue weighted by Crippen LogP contribution is 2.26. The van der Waals surface area contributed by atoms with Gasteiger partial charge >= 0.3 is 0 Å². The maximum atomic E-state index is 5.01. The van der Waals surface area contributed by atoms with Crippen LogP contribution in [-0.2, 0) is 11.3 Å². The predicted molar refractivity (Wildman–Crippen MR) is 89.0 cm³/mol. The highest BCUT2D eigenvalue weighted by atomic mass is 79.9. The molecule has 1 N–H and O–H groups in total. The molecule has 0 amide bonds. The Morgan fingerprint density at radius 3 is 2.76 bits per heavy atom. The zero-order chi connectivity index (χ0) is 15.2. The molecule has 0 aromatic carbocycles. The molecule has 0 saturated carbocycles. The van der Waals surface area contributed by atoms with Gasteiger partial charge in [-0.05, 0) is 50.9 Å². The summed E-state index contributed by atoms with van der Waals surface area (Å²) in [7, 11) is 1.69. The van der Waals surface area contributed by atoms with Crippen molar-refractivity contribution in [3.05, 3.63) is 38.7 Å². The van der Waals surface area contributed by atoms with Crippen molar-refractivity contribution in [2.75, 3.05) is 20.3 Å². The molecule has 0 spiro atoms. The fraction of sp³-hybridized carbons (Fsp3) is 0.357. The lowest BCUT2D eigenvalue weighted by atomic mass is 10.3. The predicted octanol–water partition coefficient (Wildman–Crippen LogP) is 3.11. The molecular weight excluding hydrogens is 400 g/mol. The Kier molecular flexibility index (Phi) is 6.22. The number of halogens is 2. The molecule has 2 aromatic rings. The van der Waals surface area contributed by atoms with E-state index in [2.05, 4.69) is 52.1 Å². The molecular formula is C14H16Br2N4O. The molecule has 2 aromatic heterocycles. The maximum Gasteiger partial charge on any atom is 0.179 e. The summed E-state index contributed by atoms with van der Waals surface area (Å²) in [4.78, 5) is 13.4. The lowest BCUT2D eigenvalue weighted by Crippen LogP contribution is -2.19. The van der Waals surface area contributed by atoms with Crippen molar-refractivity contribution in [3.63, 3.8) is 0 Å². The van der Waals surface area contributed by atoms with Crippen LogP contribution in [0.5, 0.6) is 0 Å². The molecule has 0 aliphatic heterocycles. The summed E-state index contributed by atoms with van der Waals surface area (Å²) in [5, 5.41) is 3.28. The van der Waals surface area contributed by atoms with E-state index in [1.54, 1.807) is 13.3 Å². The van der Waals surface area contributed by atoms with Crippen LogP contribution in [0.15, 0.2) is 27.3 Å². The minimum absolute atomic E-state index is 0.623. The first-order valence-corrected chi connectivity index (χ1v) is 8.04. The van der Waals surface area contributed by atoms with Gasteiger partial charge in [0.2, 0.25) is 0 Å². The number of hydrogen-bond acceptors (Lipinski definition) is 5. The Bertz CT molecular complexity index is 622. The smallest absolute Gasteiger partial charge is 0.179 e. The number of ether oxygens (including phenoxy) is 1. The van der Waals surface area contributed by atoms with Gasteiger partial charge in [0.15, 0.2) is 5.82 Å². The summed E-state index contributed by atoms with van der Waals surface area (Å²) in [5.74, 6) is 0.623. The van der Waals surface area contributed by atoms with Crippen LogP contribution in [0.2, 0.25) is 0 Å². The molecule has 7 heteroatoms. The standard InChI is InChI=1S/C14H16Br2N4O/c1-9-5-11(8-17-3-4-21-2)20-14(19-9)13-12(16)6-10(15)7-18-13/h5-7,17H,3-4,8H2,1-2H3. The average molecular weight is 416 g/mol. The quantitative estimate of drug-likeness (QED) is 0.734. The van der Waals surface area contributed by atoms with Gasteiger partial charge in [-0.25, -0.2) is 9.97 Å². The zero-order valence-corrected chi connectivity index (χ0v) is 15.0. The van der Waals surface area contributed by atoms with Gasteiger partial charge in [-0.3, -0.25) is 4.98 Å². The van der Waals surface area contributed by atoms with E-state index in [-0.39, 0.29) is 0 Å². The number of rotatable bonds is 6. The maximum absolute atomic E-state index is 5.01. The zero-order valence-electron chi connectivity index (χ0n) is 11.9. The lowest BCUT2D eigenvalue weighted by Gasteiger charge is -2.08. The Morgan fingerprint density at radius 1 is 1.24 bits per heavy atom. The van der Waals surface area contributed by atoms with Crippen molar-refractivity contribution < 1.29 is 4.74 Å². The average Bonchev–Trinajstić information content (AvgIpc) is 2.43. The van der Waals surface area contributed by atoms with Crippen molar-refractivity contribution in [3.8, 4) is 11.5 Å². The molecule has 0 aliphatic carbocycles. The number of pyridine rings is 1. The molecule has 0 bridgehead atoms. The van der Waals surface area contributed by atoms with Crippen molar-refractivity contribution >= 4 is 31.9 Å². The number of aryl methyl sites for hydroxylation is 1. The van der Waals surface area contributed by atoms with Gasteiger partial charge in [0.25, 0.3) is 0 Å². The second kappa shape index (κ2) is 7.93. The fourth-order valence-corrected chi connectivity index (χ4v) is 2.96. The first kappa shape index (κ1) is 16.5. The van der Waals surface area contributed by atoms with E-state index in [1.165, 1.54) is 0 Å². The third-order valence-corrected chi connectivity index (χ3v) is 3.75. The molecule has 0 radical (unpaired) electrons. The normalized spacial score (nSPS) is 10.9. The van der Waals surface area contributed by atoms with E-state index >= 15 is 0 Å². The van der Waals surface area contributed by atoms with Gasteiger partial charge < -0.3 is 10.1 Å². The van der Waals surface area contributed by atoms with Crippen LogP contribution in [0.3, 0.4) is 0 Å². The lowest BCUT2D eigenvalue weighted by molar-refractivity contribution is 0.199. The molecule has 21 heavy (non-hydrogen) atoms. The minimum atomic E-state index is 0.623. The summed E-state index contributed by atoms with van der Waals surface area (Å²) < 4.78 is 6.78. The number of methoxy groups -OCH3 is 1. The summed E-state index contributed by atoms with van der Waals surface area (Å²) in [5.41, 5.74) is 2.59. The van der Waals surface area contributed by atoms with E-state index in [9.17, 15) is 0 Å². The summed E-state index contributed by atoms with van der Waals surface area (Å²) >= 11 is 6.89. The van der Waals surface area contributed by atoms with E-state index in [1.807, 2.05) is 19.1 Å². The van der Waals surface area contributed by atoms with Crippen LogP contribution in [0, 0.1) is 6.92 Å². The van der Waals surface area contributed by atoms with Gasteiger partial charge in [-0.15, -0.1) is 0 Å². The van der Waals surface area contributed by atoms with E-state index in [0.717, 1.165) is 32.6 Å². The third-order valence-electron chi connectivity index (χ3n) is 2.72. The van der Waals surface area contributed by atoms with Gasteiger partial charge in [0, 0.05) is 41.0 Å². The molecule has 112 valence electrons. The van der Waals surface area contributed by atoms with Crippen LogP contribution in [0.25, 0.3) is 11.5 Å². The van der Waals surface area contributed by atoms with Crippen molar-refractivity contribution in [2.45, 2.75) is 13.5 Å². The summed E-state index contributed by atoms with van der Waals surface area (Å²) in [6, 6.07) is 3.90. The molecule has 0 unspecified atom stereocenters. The van der Waals surface area contributed by atoms with Gasteiger partial charge in [-0.1, -0.05) is 0 Å². The summed E-state index contributed by atoms with van der Waals surface area (Å²) in [6.07, 6.45) is 1.74. The highest BCUT2D eigenvalue weighted by molar-refractivity contribution is 9.11. The topological polar surface area (TPSA) is 59.9 Å². The van der Waals surface area contributed by atoms with Gasteiger partial charge in [0.1, 0.15) is 5.69 Å². The number of hydrogen-bond donors (Lipinski definition) is 1. The SMILES string of the molecule is COCCNCc1cc(C)nc(-c2ncc(Br)cc2Br)n1. The van der Waals surface area contributed by atoms with Crippen LogP contribution < -0.4 is 5.32 Å². The molecule has 5 nitrogen and oxygen atoms in total. The Labute approximate surface area is 140 Å². The molecule has 0 saturated heterocycles. The Morgan fingerprint density at radius 2 is 2.05 bits per heavy atom. The minimum Gasteiger partial charge on any atom is -0.383 e. The second-order valence-electron chi connectivity index (χ2n) is 4.48. The van der Waals surface area contributed by atoms with Crippen LogP contribution in [0.4, 0.5) is 0 Å². The van der Waals surface area contributed by atoms with E-state index < -0.39 is 0 Å². The molecule has 0 aliphatic rings. The first-order chi connectivity index (χ1) is 10.1. The first-order valence-electron chi connectivity index (χ1n) is 6.46. The number of nitrogens with one attached hydrogen (secondary N) is 1. The van der Waals surface area contributed by atoms with Crippen molar-refractivity contribution in [1.29, 1.82) is 0 Å². The van der Waals surface area contributed by atoms with Crippen LogP contribution in [0.1, 0.15) is 11.4 Å². The Balaban J connectivity index is 2.22. The van der Waals surface area contributed by atoms with E-state index in [0.29, 0.717) is 19.0 Å². The summed E-state index contributed by atoms with van der Waals surface area (Å²) in [6.45, 7) is 4.09. The van der Waals surface area contributed by atoms with Gasteiger partial charge in [0.05, 0.1) is 12.3 Å². The molecule has 2 rings (SSSR count). The van der Waals surface area contributed by atoms with Crippen molar-refractivity contribution in [2.24, 2.45) is 0 Å². The third kappa shape index (κ3) is 4.81. The van der Waals surface area contributed by atoms with Crippen LogP contribution in [-0.4, -0.2) is 35.2 Å². The van der Waals surface area contributed by atoms with Crippen LogP contribution >= 0.6 is 31.9 Å². The monoisotopic (exact) mass is 414 g/mol. The molecule has 0 atom stereocenters. The van der Waals surface area contributed by atoms with Crippen molar-refractivity contribution in [1.82, 2.24) is 20.3 Å². The number of nitrogens with zero attached hydrogens (tertiary/aromatic N) is 3. The highest BCUT2D eigenvalue weighted by Gasteiger charge is 2.10. The second-order valence-corrected chi connectivity index (χ2v) is 6.25. The number of aromatic nitrogens is 3. The largest absolute Gasteiger partial charge is 0.383 e. The fourth-order valence-electron chi connectivity index (χ4n) is 1.80. The van der Waals surface area contributed by atoms with E-state index in [4.69, 9.17) is 4.74 Å². The molecule has 2 heterocycles. The van der Waals surface area contributed by atoms with Gasteiger partial charge in [-0.2, -0.15) is 0 Å². The molecule has 0 fully saturated rings. The Hall–Kier alpha value is -0.890.